The summed E-state index contributed by atoms with van der Waals surface area (Å²) in [7, 11) is 3.75. The Morgan fingerprint density at radius 2 is 2.31 bits per heavy atom. The van der Waals surface area contributed by atoms with E-state index < -0.39 is 5.97 Å². The van der Waals surface area contributed by atoms with E-state index in [9.17, 15) is 4.79 Å². The van der Waals surface area contributed by atoms with E-state index in [0.717, 1.165) is 0 Å². The highest BCUT2D eigenvalue weighted by molar-refractivity contribution is 5.88. The first-order valence-electron chi connectivity index (χ1n) is 3.93. The molecule has 0 saturated carbocycles. The Morgan fingerprint density at radius 1 is 1.62 bits per heavy atom. The number of hydrogen-bond donors (Lipinski definition) is 1. The minimum Gasteiger partial charge on any atom is -0.478 e. The second-order valence-corrected chi connectivity index (χ2v) is 3.04. The van der Waals surface area contributed by atoms with Crippen molar-refractivity contribution in [1.29, 1.82) is 0 Å². The number of carboxylic acid groups (broad SMARTS) is 1. The van der Waals surface area contributed by atoms with Crippen LogP contribution in [0.4, 0.5) is 0 Å². The molecule has 13 heavy (non-hydrogen) atoms. The molecule has 0 aromatic carbocycles. The maximum atomic E-state index is 10.7. The van der Waals surface area contributed by atoms with Gasteiger partial charge in [0.2, 0.25) is 0 Å². The Balaban J connectivity index is 2.98. The van der Waals surface area contributed by atoms with Gasteiger partial charge in [-0.15, -0.1) is 0 Å². The highest BCUT2D eigenvalue weighted by atomic mass is 16.4. The fourth-order valence-corrected chi connectivity index (χ4v) is 1.06. The summed E-state index contributed by atoms with van der Waals surface area (Å²) in [5.41, 5.74) is 0.871. The summed E-state index contributed by atoms with van der Waals surface area (Å²) >= 11 is 0. The summed E-state index contributed by atoms with van der Waals surface area (Å²) in [6, 6.07) is 3.19. The zero-order valence-corrected chi connectivity index (χ0v) is 7.69. The minimum absolute atomic E-state index is 0.274. The number of rotatable bonds is 3. The lowest BCUT2D eigenvalue weighted by Gasteiger charge is -2.10. The van der Waals surface area contributed by atoms with Crippen molar-refractivity contribution < 1.29 is 9.90 Å². The molecule has 0 radical (unpaired) electrons. The number of pyridine rings is 1. The molecule has 4 heteroatoms. The van der Waals surface area contributed by atoms with Gasteiger partial charge in [-0.25, -0.2) is 4.79 Å². The van der Waals surface area contributed by atoms with Crippen LogP contribution in [-0.2, 0) is 6.54 Å². The number of aromatic carboxylic acids is 1. The first-order chi connectivity index (χ1) is 6.11. The molecule has 0 unspecified atom stereocenters. The van der Waals surface area contributed by atoms with Crippen LogP contribution in [-0.4, -0.2) is 35.1 Å². The molecule has 0 bridgehead atoms. The van der Waals surface area contributed by atoms with Gasteiger partial charge in [0.25, 0.3) is 0 Å². The van der Waals surface area contributed by atoms with Gasteiger partial charge in [-0.05, 0) is 26.2 Å². The third-order valence-electron chi connectivity index (χ3n) is 1.59. The number of aromatic nitrogens is 1. The largest absolute Gasteiger partial charge is 0.478 e. The van der Waals surface area contributed by atoms with E-state index in [-0.39, 0.29) is 5.56 Å². The van der Waals surface area contributed by atoms with Gasteiger partial charge in [-0.2, -0.15) is 0 Å². The smallest absolute Gasteiger partial charge is 0.337 e. The summed E-state index contributed by atoms with van der Waals surface area (Å²) < 4.78 is 0. The van der Waals surface area contributed by atoms with Gasteiger partial charge in [-0.1, -0.05) is 0 Å². The van der Waals surface area contributed by atoms with Gasteiger partial charge < -0.3 is 10.0 Å². The van der Waals surface area contributed by atoms with Crippen LogP contribution >= 0.6 is 0 Å². The topological polar surface area (TPSA) is 53.4 Å². The molecule has 1 aromatic rings. The van der Waals surface area contributed by atoms with Gasteiger partial charge in [0, 0.05) is 12.7 Å². The van der Waals surface area contributed by atoms with E-state index >= 15 is 0 Å². The number of carbonyl (C=O) groups is 1. The summed E-state index contributed by atoms with van der Waals surface area (Å²) in [6.07, 6.45) is 1.60. The summed E-state index contributed by atoms with van der Waals surface area (Å²) in [6.45, 7) is 0.544. The third-order valence-corrected chi connectivity index (χ3v) is 1.59. The van der Waals surface area contributed by atoms with Crippen molar-refractivity contribution in [3.05, 3.63) is 29.6 Å². The molecule has 4 nitrogen and oxygen atoms in total. The molecule has 0 saturated heterocycles. The van der Waals surface area contributed by atoms with Crippen molar-refractivity contribution in [3.8, 4) is 0 Å². The second-order valence-electron chi connectivity index (χ2n) is 3.04. The maximum absolute atomic E-state index is 10.7. The van der Waals surface area contributed by atoms with Crippen LogP contribution in [0.25, 0.3) is 0 Å². The predicted octanol–water partition coefficient (Wildman–Crippen LogP) is 0.841. The van der Waals surface area contributed by atoms with Crippen molar-refractivity contribution in [1.82, 2.24) is 9.88 Å². The molecule has 0 aliphatic heterocycles. The average Bonchev–Trinajstić information content (AvgIpc) is 2.03. The summed E-state index contributed by atoms with van der Waals surface area (Å²) in [5.74, 6) is -0.926. The molecule has 70 valence electrons. The van der Waals surface area contributed by atoms with E-state index in [1.165, 1.54) is 0 Å². The van der Waals surface area contributed by atoms with E-state index in [2.05, 4.69) is 4.98 Å². The summed E-state index contributed by atoms with van der Waals surface area (Å²) in [4.78, 5) is 16.6. The monoisotopic (exact) mass is 180 g/mol. The quantitative estimate of drug-likeness (QED) is 0.749. The number of carboxylic acids is 1. The molecular weight excluding hydrogens is 168 g/mol. The number of hydrogen-bond acceptors (Lipinski definition) is 3. The molecule has 0 fully saturated rings. The van der Waals surface area contributed by atoms with Crippen molar-refractivity contribution >= 4 is 5.97 Å². The van der Waals surface area contributed by atoms with Crippen LogP contribution in [0.15, 0.2) is 18.3 Å². The molecule has 0 aliphatic rings. The van der Waals surface area contributed by atoms with Crippen molar-refractivity contribution in [2.45, 2.75) is 6.54 Å². The standard InChI is InChI=1S/C9H12N2O2/c1-11(2)6-8-7(9(12)13)4-3-5-10-8/h3-5H,6H2,1-2H3,(H,12,13). The zero-order chi connectivity index (χ0) is 9.84. The Morgan fingerprint density at radius 3 is 2.85 bits per heavy atom. The normalized spacial score (nSPS) is 10.4. The van der Waals surface area contributed by atoms with Crippen LogP contribution < -0.4 is 0 Å². The first kappa shape index (κ1) is 9.67. The molecular formula is C9H12N2O2. The maximum Gasteiger partial charge on any atom is 0.337 e. The first-order valence-corrected chi connectivity index (χ1v) is 3.93. The zero-order valence-electron chi connectivity index (χ0n) is 7.69. The average molecular weight is 180 g/mol. The van der Waals surface area contributed by atoms with Gasteiger partial charge in [-0.3, -0.25) is 4.98 Å². The van der Waals surface area contributed by atoms with Crippen molar-refractivity contribution in [2.75, 3.05) is 14.1 Å². The van der Waals surface area contributed by atoms with Crippen LogP contribution in [0.1, 0.15) is 16.1 Å². The van der Waals surface area contributed by atoms with Crippen LogP contribution in [0.2, 0.25) is 0 Å². The molecule has 0 atom stereocenters. The van der Waals surface area contributed by atoms with E-state index in [0.29, 0.717) is 12.2 Å². The van der Waals surface area contributed by atoms with Gasteiger partial charge in [0.1, 0.15) is 0 Å². The molecule has 1 rings (SSSR count). The second kappa shape index (κ2) is 4.00. The SMILES string of the molecule is CN(C)Cc1ncccc1C(=O)O. The molecule has 1 N–H and O–H groups in total. The fraction of sp³-hybridized carbons (Fsp3) is 0.333. The molecule has 0 aliphatic carbocycles. The van der Waals surface area contributed by atoms with Crippen molar-refractivity contribution in [2.24, 2.45) is 0 Å². The van der Waals surface area contributed by atoms with E-state index in [1.54, 1.807) is 18.3 Å². The lowest BCUT2D eigenvalue weighted by molar-refractivity contribution is 0.0694. The Hall–Kier alpha value is -1.42. The highest BCUT2D eigenvalue weighted by Gasteiger charge is 2.10. The summed E-state index contributed by atoms with van der Waals surface area (Å²) in [5, 5.41) is 8.82. The van der Waals surface area contributed by atoms with Gasteiger partial charge in [0.05, 0.1) is 11.3 Å². The van der Waals surface area contributed by atoms with Gasteiger partial charge >= 0.3 is 5.97 Å². The van der Waals surface area contributed by atoms with Crippen molar-refractivity contribution in [3.63, 3.8) is 0 Å². The lowest BCUT2D eigenvalue weighted by Crippen LogP contribution is -2.15. The Bertz CT molecular complexity index is 310. The highest BCUT2D eigenvalue weighted by Crippen LogP contribution is 2.06. The fourth-order valence-electron chi connectivity index (χ4n) is 1.06. The van der Waals surface area contributed by atoms with Crippen LogP contribution in [0.5, 0.6) is 0 Å². The van der Waals surface area contributed by atoms with Crippen LogP contribution in [0.3, 0.4) is 0 Å². The Labute approximate surface area is 76.8 Å². The molecule has 1 aromatic heterocycles. The van der Waals surface area contributed by atoms with Crippen LogP contribution in [0, 0.1) is 0 Å². The van der Waals surface area contributed by atoms with Gasteiger partial charge in [0.15, 0.2) is 0 Å². The third kappa shape index (κ3) is 2.52. The molecule has 1 heterocycles. The van der Waals surface area contributed by atoms with E-state index in [1.807, 2.05) is 19.0 Å². The predicted molar refractivity (Wildman–Crippen MR) is 48.6 cm³/mol. The lowest BCUT2D eigenvalue weighted by atomic mass is 10.2. The minimum atomic E-state index is -0.926. The van der Waals surface area contributed by atoms with E-state index in [4.69, 9.17) is 5.11 Å². The molecule has 0 amide bonds. The number of nitrogens with zero attached hydrogens (tertiary/aromatic N) is 2. The molecule has 0 spiro atoms. The Kier molecular flexibility index (Phi) is 2.97.